The zero-order valence-corrected chi connectivity index (χ0v) is 13.1. The van der Waals surface area contributed by atoms with E-state index in [0.717, 1.165) is 38.3 Å². The molecule has 1 aromatic rings. The number of rotatable bonds is 3. The molecule has 1 saturated heterocycles. The Morgan fingerprint density at radius 1 is 1.38 bits per heavy atom. The van der Waals surface area contributed by atoms with Crippen molar-refractivity contribution in [1.82, 2.24) is 9.88 Å². The minimum absolute atomic E-state index is 0.196. The number of anilines is 1. The molecular weight excluding hydrogens is 266 g/mol. The summed E-state index contributed by atoms with van der Waals surface area (Å²) >= 11 is 0. The first-order chi connectivity index (χ1) is 9.94. The average Bonchev–Trinajstić information content (AvgIpc) is 2.45. The fourth-order valence-electron chi connectivity index (χ4n) is 2.36. The van der Waals surface area contributed by atoms with E-state index < -0.39 is 5.60 Å². The molecule has 1 N–H and O–H groups in total. The van der Waals surface area contributed by atoms with Gasteiger partial charge < -0.3 is 15.0 Å². The van der Waals surface area contributed by atoms with E-state index in [1.54, 1.807) is 6.20 Å². The average molecular weight is 291 g/mol. The van der Waals surface area contributed by atoms with Crippen molar-refractivity contribution in [3.63, 3.8) is 0 Å². The van der Waals surface area contributed by atoms with Crippen molar-refractivity contribution in [2.75, 3.05) is 25.0 Å². The summed E-state index contributed by atoms with van der Waals surface area (Å²) in [6.07, 6.45) is 3.59. The van der Waals surface area contributed by atoms with Gasteiger partial charge in [0.05, 0.1) is 0 Å². The Balaban J connectivity index is 1.72. The molecule has 5 heteroatoms. The molecule has 0 spiro atoms. The summed E-state index contributed by atoms with van der Waals surface area (Å²) in [5.41, 5.74) is -0.422. The van der Waals surface area contributed by atoms with Gasteiger partial charge in [0.15, 0.2) is 0 Å². The van der Waals surface area contributed by atoms with Crippen LogP contribution in [0.4, 0.5) is 10.6 Å². The summed E-state index contributed by atoms with van der Waals surface area (Å²) in [7, 11) is 0. The van der Waals surface area contributed by atoms with Crippen LogP contribution in [0.5, 0.6) is 0 Å². The molecule has 0 saturated carbocycles. The van der Waals surface area contributed by atoms with Gasteiger partial charge in [0, 0.05) is 25.8 Å². The maximum Gasteiger partial charge on any atom is 0.410 e. The smallest absolute Gasteiger partial charge is 0.410 e. The molecule has 0 unspecified atom stereocenters. The van der Waals surface area contributed by atoms with Gasteiger partial charge >= 0.3 is 6.09 Å². The molecule has 116 valence electrons. The molecule has 21 heavy (non-hydrogen) atoms. The highest BCUT2D eigenvalue weighted by molar-refractivity contribution is 5.68. The van der Waals surface area contributed by atoms with Crippen LogP contribution in [-0.2, 0) is 4.74 Å². The summed E-state index contributed by atoms with van der Waals surface area (Å²) in [6, 6.07) is 5.85. The van der Waals surface area contributed by atoms with Crippen LogP contribution < -0.4 is 5.32 Å². The number of nitrogens with one attached hydrogen (secondary N) is 1. The van der Waals surface area contributed by atoms with Crippen LogP contribution in [0.15, 0.2) is 24.4 Å². The Labute approximate surface area is 126 Å². The van der Waals surface area contributed by atoms with Crippen LogP contribution in [0.1, 0.15) is 33.6 Å². The number of carbonyl (C=O) groups is 1. The fraction of sp³-hybridized carbons (Fsp3) is 0.625. The van der Waals surface area contributed by atoms with Crippen LogP contribution in [0, 0.1) is 5.92 Å². The van der Waals surface area contributed by atoms with Gasteiger partial charge in [-0.15, -0.1) is 0 Å². The van der Waals surface area contributed by atoms with Crippen LogP contribution in [0.2, 0.25) is 0 Å². The van der Waals surface area contributed by atoms with Gasteiger partial charge in [-0.05, 0) is 51.7 Å². The molecule has 2 rings (SSSR count). The lowest BCUT2D eigenvalue weighted by Crippen LogP contribution is -2.42. The normalized spacial score (nSPS) is 16.6. The van der Waals surface area contributed by atoms with Crippen LogP contribution in [-0.4, -0.2) is 41.2 Å². The largest absolute Gasteiger partial charge is 0.444 e. The van der Waals surface area contributed by atoms with E-state index in [-0.39, 0.29) is 6.09 Å². The van der Waals surface area contributed by atoms with Crippen molar-refractivity contribution >= 4 is 11.9 Å². The van der Waals surface area contributed by atoms with E-state index in [2.05, 4.69) is 10.3 Å². The molecule has 1 aromatic heterocycles. The summed E-state index contributed by atoms with van der Waals surface area (Å²) < 4.78 is 5.40. The Hall–Kier alpha value is -1.78. The number of carbonyl (C=O) groups excluding carboxylic acids is 1. The van der Waals surface area contributed by atoms with Gasteiger partial charge in [-0.2, -0.15) is 0 Å². The van der Waals surface area contributed by atoms with Crippen molar-refractivity contribution < 1.29 is 9.53 Å². The third kappa shape index (κ3) is 5.25. The van der Waals surface area contributed by atoms with Crippen molar-refractivity contribution in [1.29, 1.82) is 0 Å². The zero-order valence-electron chi connectivity index (χ0n) is 13.1. The minimum Gasteiger partial charge on any atom is -0.444 e. The molecule has 2 heterocycles. The quantitative estimate of drug-likeness (QED) is 0.929. The first kappa shape index (κ1) is 15.6. The van der Waals surface area contributed by atoms with Gasteiger partial charge in [-0.3, -0.25) is 0 Å². The predicted molar refractivity (Wildman–Crippen MR) is 83.3 cm³/mol. The first-order valence-corrected chi connectivity index (χ1v) is 7.57. The van der Waals surface area contributed by atoms with Crippen molar-refractivity contribution in [2.24, 2.45) is 5.92 Å². The Morgan fingerprint density at radius 3 is 2.67 bits per heavy atom. The maximum absolute atomic E-state index is 12.0. The molecule has 1 aliphatic rings. The van der Waals surface area contributed by atoms with Crippen LogP contribution in [0.25, 0.3) is 0 Å². The first-order valence-electron chi connectivity index (χ1n) is 7.57. The lowest BCUT2D eigenvalue weighted by Gasteiger charge is -2.33. The molecule has 0 radical (unpaired) electrons. The number of hydrogen-bond acceptors (Lipinski definition) is 4. The fourth-order valence-corrected chi connectivity index (χ4v) is 2.36. The third-order valence-electron chi connectivity index (χ3n) is 3.50. The number of nitrogens with zero attached hydrogens (tertiary/aromatic N) is 2. The van der Waals surface area contributed by atoms with E-state index in [0.29, 0.717) is 5.92 Å². The molecule has 0 bridgehead atoms. The van der Waals surface area contributed by atoms with E-state index in [1.807, 2.05) is 43.9 Å². The second kappa shape index (κ2) is 6.78. The molecule has 1 aliphatic heterocycles. The molecule has 0 aromatic carbocycles. The molecule has 1 amide bonds. The summed E-state index contributed by atoms with van der Waals surface area (Å²) in [4.78, 5) is 18.0. The molecule has 5 nitrogen and oxygen atoms in total. The Bertz CT molecular complexity index is 448. The number of piperidine rings is 1. The van der Waals surface area contributed by atoms with Gasteiger partial charge in [-0.1, -0.05) is 6.07 Å². The number of amides is 1. The zero-order chi connectivity index (χ0) is 15.3. The lowest BCUT2D eigenvalue weighted by atomic mass is 9.97. The van der Waals surface area contributed by atoms with E-state index in [1.165, 1.54) is 0 Å². The second-order valence-electron chi connectivity index (χ2n) is 6.51. The molecular formula is C16H25N3O2. The standard InChI is InChI=1S/C16H25N3O2/c1-16(2,3)21-15(20)19-10-7-13(8-11-19)12-18-14-6-4-5-9-17-14/h4-6,9,13H,7-8,10-12H2,1-3H3,(H,17,18). The van der Waals surface area contributed by atoms with Crippen LogP contribution >= 0.6 is 0 Å². The van der Waals surface area contributed by atoms with Gasteiger partial charge in [0.2, 0.25) is 0 Å². The lowest BCUT2D eigenvalue weighted by molar-refractivity contribution is 0.0188. The van der Waals surface area contributed by atoms with Gasteiger partial charge in [0.25, 0.3) is 0 Å². The van der Waals surface area contributed by atoms with E-state index in [4.69, 9.17) is 4.74 Å². The van der Waals surface area contributed by atoms with Crippen molar-refractivity contribution in [2.45, 2.75) is 39.2 Å². The van der Waals surface area contributed by atoms with Gasteiger partial charge in [0.1, 0.15) is 11.4 Å². The number of hydrogen-bond donors (Lipinski definition) is 1. The van der Waals surface area contributed by atoms with Crippen molar-refractivity contribution in [3.8, 4) is 0 Å². The van der Waals surface area contributed by atoms with Crippen LogP contribution in [0.3, 0.4) is 0 Å². The van der Waals surface area contributed by atoms with Gasteiger partial charge in [-0.25, -0.2) is 9.78 Å². The highest BCUT2D eigenvalue weighted by Gasteiger charge is 2.26. The highest BCUT2D eigenvalue weighted by atomic mass is 16.6. The van der Waals surface area contributed by atoms with E-state index >= 15 is 0 Å². The monoisotopic (exact) mass is 291 g/mol. The van der Waals surface area contributed by atoms with Crippen molar-refractivity contribution in [3.05, 3.63) is 24.4 Å². The number of aromatic nitrogens is 1. The number of ether oxygens (including phenoxy) is 1. The third-order valence-corrected chi connectivity index (χ3v) is 3.50. The SMILES string of the molecule is CC(C)(C)OC(=O)N1CCC(CNc2ccccn2)CC1. The predicted octanol–water partition coefficient (Wildman–Crippen LogP) is 3.14. The molecule has 0 aliphatic carbocycles. The maximum atomic E-state index is 12.0. The topological polar surface area (TPSA) is 54.5 Å². The Kier molecular flexibility index (Phi) is 5.04. The summed E-state index contributed by atoms with van der Waals surface area (Å²) in [5.74, 6) is 1.48. The molecule has 1 fully saturated rings. The number of pyridine rings is 1. The summed E-state index contributed by atoms with van der Waals surface area (Å²) in [5, 5.41) is 3.35. The highest BCUT2D eigenvalue weighted by Crippen LogP contribution is 2.20. The Morgan fingerprint density at radius 2 is 2.10 bits per heavy atom. The van der Waals surface area contributed by atoms with E-state index in [9.17, 15) is 4.79 Å². The second-order valence-corrected chi connectivity index (χ2v) is 6.51. The minimum atomic E-state index is -0.422. The number of likely N-dealkylation sites (tertiary alicyclic amines) is 1. The summed E-state index contributed by atoms with van der Waals surface area (Å²) in [6.45, 7) is 8.13. The molecule has 0 atom stereocenters.